The van der Waals surface area contributed by atoms with Crippen LogP contribution in [0.5, 0.6) is 0 Å². The minimum absolute atomic E-state index is 0.0623. The van der Waals surface area contributed by atoms with Crippen molar-refractivity contribution in [1.82, 2.24) is 15.5 Å². The minimum atomic E-state index is -0.465. The summed E-state index contributed by atoms with van der Waals surface area (Å²) in [6, 6.07) is 6.14. The zero-order valence-electron chi connectivity index (χ0n) is 12.3. The number of hydrogen-bond donors (Lipinski definition) is 1. The van der Waals surface area contributed by atoms with Gasteiger partial charge in [-0.3, -0.25) is 5.32 Å². The Morgan fingerprint density at radius 2 is 2.27 bits per heavy atom. The number of nitrogens with one attached hydrogen (secondary N) is 1. The van der Waals surface area contributed by atoms with Crippen molar-refractivity contribution in [2.75, 3.05) is 6.54 Å². The van der Waals surface area contributed by atoms with E-state index in [2.05, 4.69) is 15.5 Å². The summed E-state index contributed by atoms with van der Waals surface area (Å²) < 4.78 is 24.7. The Morgan fingerprint density at radius 1 is 1.41 bits per heavy atom. The van der Waals surface area contributed by atoms with E-state index < -0.39 is 6.04 Å². The van der Waals surface area contributed by atoms with Gasteiger partial charge in [-0.15, -0.1) is 0 Å². The quantitative estimate of drug-likeness (QED) is 0.920. The normalized spacial score (nSPS) is 18.9. The van der Waals surface area contributed by atoms with Crippen molar-refractivity contribution in [3.63, 3.8) is 0 Å². The molecule has 2 heterocycles. The molecule has 0 saturated heterocycles. The Labute approximate surface area is 128 Å². The van der Waals surface area contributed by atoms with Gasteiger partial charge in [-0.25, -0.2) is 4.39 Å². The molecule has 6 heteroatoms. The molecular formula is C16H18FN3O2. The monoisotopic (exact) mass is 303 g/mol. The fourth-order valence-corrected chi connectivity index (χ4v) is 2.47. The van der Waals surface area contributed by atoms with Gasteiger partial charge in [0.25, 0.3) is 0 Å². The van der Waals surface area contributed by atoms with Gasteiger partial charge < -0.3 is 9.26 Å². The zero-order chi connectivity index (χ0) is 15.4. The highest BCUT2D eigenvalue weighted by Gasteiger charge is 2.24. The van der Waals surface area contributed by atoms with E-state index in [1.165, 1.54) is 6.07 Å². The molecule has 3 rings (SSSR count). The van der Waals surface area contributed by atoms with Crippen LogP contribution in [-0.4, -0.2) is 22.8 Å². The highest BCUT2D eigenvalue weighted by Crippen LogP contribution is 2.23. The molecule has 0 saturated carbocycles. The number of halogens is 1. The van der Waals surface area contributed by atoms with Gasteiger partial charge in [0.05, 0.1) is 12.3 Å². The minimum Gasteiger partial charge on any atom is -0.497 e. The van der Waals surface area contributed by atoms with E-state index in [-0.39, 0.29) is 11.9 Å². The van der Waals surface area contributed by atoms with Crippen molar-refractivity contribution in [3.05, 3.63) is 59.7 Å². The lowest BCUT2D eigenvalue weighted by Crippen LogP contribution is -2.33. The first-order valence-corrected chi connectivity index (χ1v) is 7.32. The average Bonchev–Trinajstić information content (AvgIpc) is 2.96. The van der Waals surface area contributed by atoms with Gasteiger partial charge in [-0.1, -0.05) is 23.4 Å². The van der Waals surface area contributed by atoms with Gasteiger partial charge in [0.2, 0.25) is 5.89 Å². The third-order valence-corrected chi connectivity index (χ3v) is 3.59. The molecule has 0 radical (unpaired) electrons. The van der Waals surface area contributed by atoms with Crippen molar-refractivity contribution in [3.8, 4) is 0 Å². The summed E-state index contributed by atoms with van der Waals surface area (Å²) in [6.45, 7) is 2.29. The number of hydrogen-bond acceptors (Lipinski definition) is 5. The third kappa shape index (κ3) is 3.33. The number of benzene rings is 1. The standard InChI is InChI=1S/C16H18FN3O2/c1-11-19-16(20-22-11)15(13-7-2-3-8-14(13)17)18-10-12-6-4-5-9-21-12/h2-3,5,7-9,12,15,18H,4,6,10H2,1H3/t12-,15-/m1/s1. The number of aromatic nitrogens is 2. The summed E-state index contributed by atoms with van der Waals surface area (Å²) in [4.78, 5) is 4.23. The maximum Gasteiger partial charge on any atom is 0.223 e. The van der Waals surface area contributed by atoms with Crippen LogP contribution in [0.15, 0.2) is 41.1 Å². The molecule has 2 aromatic rings. The van der Waals surface area contributed by atoms with Crippen LogP contribution in [0.25, 0.3) is 0 Å². The second-order valence-electron chi connectivity index (χ2n) is 5.24. The van der Waals surface area contributed by atoms with Crippen LogP contribution in [0.4, 0.5) is 4.39 Å². The number of ether oxygens (including phenoxy) is 1. The number of allylic oxidation sites excluding steroid dienone is 1. The van der Waals surface area contributed by atoms with Gasteiger partial charge in [0, 0.05) is 19.0 Å². The average molecular weight is 303 g/mol. The summed E-state index contributed by atoms with van der Waals surface area (Å²) in [5, 5.41) is 7.22. The smallest absolute Gasteiger partial charge is 0.223 e. The number of aryl methyl sites for hydroxylation is 1. The molecule has 0 aliphatic carbocycles. The second kappa shape index (κ2) is 6.70. The zero-order valence-corrected chi connectivity index (χ0v) is 12.3. The molecule has 22 heavy (non-hydrogen) atoms. The van der Waals surface area contributed by atoms with Crippen molar-refractivity contribution < 1.29 is 13.7 Å². The lowest BCUT2D eigenvalue weighted by Gasteiger charge is -2.23. The van der Waals surface area contributed by atoms with E-state index in [9.17, 15) is 4.39 Å². The first kappa shape index (κ1) is 14.7. The molecule has 0 fully saturated rings. The molecule has 1 aliphatic heterocycles. The predicted octanol–water partition coefficient (Wildman–Crippen LogP) is 2.89. The number of nitrogens with zero attached hydrogens (tertiary/aromatic N) is 2. The Balaban J connectivity index is 1.80. The topological polar surface area (TPSA) is 60.2 Å². The molecule has 0 amide bonds. The molecular weight excluding hydrogens is 285 g/mol. The third-order valence-electron chi connectivity index (χ3n) is 3.59. The molecule has 1 aromatic heterocycles. The number of rotatable bonds is 5. The van der Waals surface area contributed by atoms with Crippen LogP contribution in [0.2, 0.25) is 0 Å². The SMILES string of the molecule is Cc1nc([C@H](NC[C@H]2CCC=CO2)c2ccccc2F)no1. The van der Waals surface area contributed by atoms with Crippen LogP contribution in [0.1, 0.15) is 36.2 Å². The second-order valence-corrected chi connectivity index (χ2v) is 5.24. The summed E-state index contributed by atoms with van der Waals surface area (Å²) >= 11 is 0. The molecule has 0 unspecified atom stereocenters. The fraction of sp³-hybridized carbons (Fsp3) is 0.375. The lowest BCUT2D eigenvalue weighted by atomic mass is 10.0. The first-order chi connectivity index (χ1) is 10.7. The van der Waals surface area contributed by atoms with E-state index in [0.717, 1.165) is 12.8 Å². The molecule has 2 atom stereocenters. The Bertz CT molecular complexity index is 656. The summed E-state index contributed by atoms with van der Waals surface area (Å²) in [5.74, 6) is 0.579. The largest absolute Gasteiger partial charge is 0.497 e. The van der Waals surface area contributed by atoms with E-state index in [4.69, 9.17) is 9.26 Å². The van der Waals surface area contributed by atoms with Gasteiger partial charge in [0.15, 0.2) is 5.82 Å². The molecule has 1 N–H and O–H groups in total. The van der Waals surface area contributed by atoms with Gasteiger partial charge in [-0.2, -0.15) is 4.98 Å². The van der Waals surface area contributed by atoms with Crippen LogP contribution in [-0.2, 0) is 4.74 Å². The molecule has 0 bridgehead atoms. The van der Waals surface area contributed by atoms with Crippen molar-refractivity contribution in [2.45, 2.75) is 31.9 Å². The molecule has 5 nitrogen and oxygen atoms in total. The van der Waals surface area contributed by atoms with E-state index in [1.54, 1.807) is 31.4 Å². The Hall–Kier alpha value is -2.21. The Morgan fingerprint density at radius 3 is 2.95 bits per heavy atom. The first-order valence-electron chi connectivity index (χ1n) is 7.32. The lowest BCUT2D eigenvalue weighted by molar-refractivity contribution is 0.120. The molecule has 1 aliphatic rings. The van der Waals surface area contributed by atoms with Gasteiger partial charge in [-0.05, 0) is 25.0 Å². The van der Waals surface area contributed by atoms with Crippen LogP contribution in [0.3, 0.4) is 0 Å². The van der Waals surface area contributed by atoms with Crippen molar-refractivity contribution in [1.29, 1.82) is 0 Å². The van der Waals surface area contributed by atoms with Crippen LogP contribution < -0.4 is 5.32 Å². The highest BCUT2D eigenvalue weighted by atomic mass is 19.1. The van der Waals surface area contributed by atoms with Gasteiger partial charge in [0.1, 0.15) is 11.9 Å². The van der Waals surface area contributed by atoms with E-state index >= 15 is 0 Å². The van der Waals surface area contributed by atoms with Gasteiger partial charge >= 0.3 is 0 Å². The van der Waals surface area contributed by atoms with Crippen LogP contribution in [0, 0.1) is 12.7 Å². The fourth-order valence-electron chi connectivity index (χ4n) is 2.47. The van der Waals surface area contributed by atoms with E-state index in [1.807, 2.05) is 6.08 Å². The van der Waals surface area contributed by atoms with E-state index in [0.29, 0.717) is 23.8 Å². The Kier molecular flexibility index (Phi) is 4.48. The van der Waals surface area contributed by atoms with Crippen molar-refractivity contribution in [2.24, 2.45) is 0 Å². The predicted molar refractivity (Wildman–Crippen MR) is 78.5 cm³/mol. The summed E-state index contributed by atoms with van der Waals surface area (Å²) in [5.41, 5.74) is 0.495. The summed E-state index contributed by atoms with van der Waals surface area (Å²) in [6.07, 6.45) is 5.68. The maximum absolute atomic E-state index is 14.1. The maximum atomic E-state index is 14.1. The molecule has 0 spiro atoms. The summed E-state index contributed by atoms with van der Waals surface area (Å²) in [7, 11) is 0. The molecule has 1 aromatic carbocycles. The van der Waals surface area contributed by atoms with Crippen molar-refractivity contribution >= 4 is 0 Å². The van der Waals surface area contributed by atoms with Crippen LogP contribution >= 0.6 is 0 Å². The molecule has 116 valence electrons. The highest BCUT2D eigenvalue weighted by molar-refractivity contribution is 5.26.